The quantitative estimate of drug-likeness (QED) is 0.269. The Morgan fingerprint density at radius 3 is 2.56 bits per heavy atom. The molecule has 8 rings (SSSR count). The van der Waals surface area contributed by atoms with Gasteiger partial charge in [-0.3, -0.25) is 9.69 Å². The highest BCUT2D eigenvalue weighted by Gasteiger charge is 2.65. The maximum atomic E-state index is 12.6. The van der Waals surface area contributed by atoms with Gasteiger partial charge in [0.05, 0.1) is 24.9 Å². The van der Waals surface area contributed by atoms with E-state index in [0.29, 0.717) is 41.0 Å². The van der Waals surface area contributed by atoms with E-state index in [1.807, 2.05) is 0 Å². The Bertz CT molecular complexity index is 1470. The zero-order chi connectivity index (χ0) is 34.8. The molecule has 7 aliphatic rings. The van der Waals surface area contributed by atoms with Gasteiger partial charge in [-0.15, -0.1) is 4.37 Å². The highest BCUT2D eigenvalue weighted by molar-refractivity contribution is 6.99. The average Bonchev–Trinajstić information content (AvgIpc) is 3.79. The molecule has 5 fully saturated rings. The minimum atomic E-state index is -0.915. The lowest BCUT2D eigenvalue weighted by Gasteiger charge is -2.68. The van der Waals surface area contributed by atoms with Crippen LogP contribution in [0.1, 0.15) is 111 Å². The molecule has 0 bridgehead atoms. The van der Waals surface area contributed by atoms with Gasteiger partial charge >= 0.3 is 5.97 Å². The summed E-state index contributed by atoms with van der Waals surface area (Å²) in [5.41, 5.74) is 3.14. The first kappa shape index (κ1) is 35.2. The third-order valence-electron chi connectivity index (χ3n) is 16.3. The molecule has 1 aromatic heterocycles. The predicted molar refractivity (Wildman–Crippen MR) is 197 cm³/mol. The summed E-state index contributed by atoms with van der Waals surface area (Å²) in [7, 11) is 0. The van der Waals surface area contributed by atoms with Crippen LogP contribution < -0.4 is 10.1 Å². The molecular formula is C41H62N4O4S. The Morgan fingerprint density at radius 2 is 1.82 bits per heavy atom. The Morgan fingerprint density at radius 1 is 0.980 bits per heavy atom. The van der Waals surface area contributed by atoms with Gasteiger partial charge in [0.2, 0.25) is 5.88 Å². The monoisotopic (exact) mass is 706 g/mol. The molecular weight excluding hydrogens is 645 g/mol. The van der Waals surface area contributed by atoms with Crippen molar-refractivity contribution in [1.29, 1.82) is 0 Å². The summed E-state index contributed by atoms with van der Waals surface area (Å²) in [6.07, 6.45) is 22.0. The SMILES string of the molecule is CC1(C)C(C2=CCC(COc3cnsn3)(C(=O)O)CC2)=CC[C@@]2(C)C1CC[C@@]1(C)C3CC[C@@]4(NCCN5CCOCC5)CCC[C@@H]4[C@H]3CCC12. The number of hydrogen-bond donors (Lipinski definition) is 2. The molecule has 50 heavy (non-hydrogen) atoms. The first-order valence-corrected chi connectivity index (χ1v) is 20.8. The van der Waals surface area contributed by atoms with Crippen LogP contribution in [0, 0.1) is 51.2 Å². The van der Waals surface area contributed by atoms with Crippen molar-refractivity contribution in [3.63, 3.8) is 0 Å². The van der Waals surface area contributed by atoms with Gasteiger partial charge in [0.1, 0.15) is 18.2 Å². The Labute approximate surface area is 304 Å². The second-order valence-corrected chi connectivity index (χ2v) is 19.2. The van der Waals surface area contributed by atoms with E-state index in [-0.39, 0.29) is 12.0 Å². The van der Waals surface area contributed by atoms with Crippen LogP contribution in [0.5, 0.6) is 5.88 Å². The molecule has 9 atom stereocenters. The van der Waals surface area contributed by atoms with Gasteiger partial charge in [-0.05, 0) is 134 Å². The number of aromatic nitrogens is 2. The number of carbonyl (C=O) groups is 1. The summed E-state index contributed by atoms with van der Waals surface area (Å²) in [5.74, 6) is 3.65. The van der Waals surface area contributed by atoms with Crippen LogP contribution in [0.4, 0.5) is 0 Å². The summed E-state index contributed by atoms with van der Waals surface area (Å²) in [4.78, 5) is 15.1. The van der Waals surface area contributed by atoms with Crippen LogP contribution in [0.2, 0.25) is 0 Å². The van der Waals surface area contributed by atoms with Gasteiger partial charge in [0, 0.05) is 31.7 Å². The normalized spacial score (nSPS) is 42.7. The number of nitrogens with zero attached hydrogens (tertiary/aromatic N) is 3. The lowest BCUT2D eigenvalue weighted by atomic mass is 9.37. The molecule has 4 saturated carbocycles. The molecule has 0 spiro atoms. The molecule has 0 amide bonds. The molecule has 1 aliphatic heterocycles. The number of nitrogens with one attached hydrogen (secondary N) is 1. The number of hydrogen-bond acceptors (Lipinski definition) is 8. The second-order valence-electron chi connectivity index (χ2n) is 18.7. The molecule has 0 radical (unpaired) electrons. The fraction of sp³-hybridized carbons (Fsp3) is 0.829. The van der Waals surface area contributed by atoms with Crippen LogP contribution >= 0.6 is 11.7 Å². The number of allylic oxidation sites excluding steroid dienone is 4. The van der Waals surface area contributed by atoms with Gasteiger partial charge < -0.3 is 19.9 Å². The zero-order valence-corrected chi connectivity index (χ0v) is 32.0. The highest BCUT2D eigenvalue weighted by atomic mass is 32.1. The third-order valence-corrected chi connectivity index (χ3v) is 16.8. The largest absolute Gasteiger partial charge is 0.481 e. The van der Waals surface area contributed by atoms with Gasteiger partial charge in [-0.1, -0.05) is 46.3 Å². The van der Waals surface area contributed by atoms with E-state index in [1.165, 1.54) is 68.9 Å². The van der Waals surface area contributed by atoms with Gasteiger partial charge in [-0.2, -0.15) is 4.37 Å². The van der Waals surface area contributed by atoms with E-state index in [0.717, 1.165) is 87.6 Å². The van der Waals surface area contributed by atoms with Crippen molar-refractivity contribution < 1.29 is 19.4 Å². The van der Waals surface area contributed by atoms with Crippen molar-refractivity contribution in [1.82, 2.24) is 19.0 Å². The van der Waals surface area contributed by atoms with Crippen molar-refractivity contribution >= 4 is 17.7 Å². The minimum Gasteiger partial charge on any atom is -0.481 e. The van der Waals surface area contributed by atoms with Crippen LogP contribution in [-0.4, -0.2) is 76.3 Å². The van der Waals surface area contributed by atoms with Crippen molar-refractivity contribution in [3.05, 3.63) is 29.5 Å². The van der Waals surface area contributed by atoms with E-state index in [2.05, 4.69) is 58.8 Å². The maximum absolute atomic E-state index is 12.6. The predicted octanol–water partition coefficient (Wildman–Crippen LogP) is 7.77. The summed E-state index contributed by atoms with van der Waals surface area (Å²) >= 11 is 1.08. The molecule has 8 nitrogen and oxygen atoms in total. The molecule has 4 unspecified atom stereocenters. The fourth-order valence-corrected chi connectivity index (χ4v) is 14.3. The topological polar surface area (TPSA) is 96.8 Å². The summed E-state index contributed by atoms with van der Waals surface area (Å²) < 4.78 is 19.6. The van der Waals surface area contributed by atoms with E-state index >= 15 is 0 Å². The zero-order valence-electron chi connectivity index (χ0n) is 31.2. The average molecular weight is 707 g/mol. The number of rotatable bonds is 9. The number of fused-ring (bicyclic) bond motifs is 7. The van der Waals surface area contributed by atoms with Crippen LogP contribution in [0.15, 0.2) is 29.5 Å². The molecule has 1 saturated heterocycles. The number of morpholine rings is 1. The van der Waals surface area contributed by atoms with E-state index in [1.54, 1.807) is 6.20 Å². The molecule has 0 aromatic carbocycles. The van der Waals surface area contributed by atoms with Crippen molar-refractivity contribution in [2.45, 2.75) is 117 Å². The molecule has 6 aliphatic carbocycles. The smallest absolute Gasteiger partial charge is 0.313 e. The Kier molecular flexibility index (Phi) is 9.33. The standard InChI is InChI=1S/C41H62N4O4S/c1-37(2)30(28-9-17-40(18-10-28,36(46)47)27-49-35-26-43-50-44-35)11-15-39(4)33(37)13-16-38(3)31-12-19-41(42-20-21-45-22-24-48-25-23-45)14-5-6-32(41)29(31)7-8-34(38)39/h9,11,26,29,31-34,42H,5-8,10,12-25,27H2,1-4H3,(H,46,47)/t29-,31?,32+,33?,34?,38-,39-,40?,41-/m0/s1. The van der Waals surface area contributed by atoms with Crippen LogP contribution in [-0.2, 0) is 9.53 Å². The molecule has 2 heterocycles. The lowest BCUT2D eigenvalue weighted by Crippen LogP contribution is -2.64. The maximum Gasteiger partial charge on any atom is 0.313 e. The van der Waals surface area contributed by atoms with Gasteiger partial charge in [0.25, 0.3) is 0 Å². The summed E-state index contributed by atoms with van der Waals surface area (Å²) in [6.45, 7) is 16.8. The third kappa shape index (κ3) is 5.74. The van der Waals surface area contributed by atoms with Crippen LogP contribution in [0.25, 0.3) is 0 Å². The fourth-order valence-electron chi connectivity index (χ4n) is 13.9. The number of carboxylic acids is 1. The molecule has 1 aromatic rings. The Hall–Kier alpha value is -1.81. The second kappa shape index (κ2) is 13.2. The molecule has 276 valence electrons. The van der Waals surface area contributed by atoms with Crippen molar-refractivity contribution in [2.75, 3.05) is 46.0 Å². The molecule has 2 N–H and O–H groups in total. The number of carboxylic acid groups (broad SMARTS) is 1. The van der Waals surface area contributed by atoms with Gasteiger partial charge in [0.15, 0.2) is 0 Å². The minimum absolute atomic E-state index is 0.0700. The van der Waals surface area contributed by atoms with E-state index < -0.39 is 11.4 Å². The first-order valence-electron chi connectivity index (χ1n) is 20.1. The van der Waals surface area contributed by atoms with Gasteiger partial charge in [-0.25, -0.2) is 0 Å². The Balaban J connectivity index is 0.973. The van der Waals surface area contributed by atoms with Crippen molar-refractivity contribution in [2.24, 2.45) is 51.2 Å². The molecule has 9 heteroatoms. The van der Waals surface area contributed by atoms with E-state index in [4.69, 9.17) is 9.47 Å². The number of ether oxygens (including phenoxy) is 2. The highest BCUT2D eigenvalue weighted by Crippen LogP contribution is 2.72. The number of aliphatic carboxylic acids is 1. The summed E-state index contributed by atoms with van der Waals surface area (Å²) in [6, 6.07) is 0. The lowest BCUT2D eigenvalue weighted by molar-refractivity contribution is -0.175. The van der Waals surface area contributed by atoms with Crippen molar-refractivity contribution in [3.8, 4) is 5.88 Å². The first-order chi connectivity index (χ1) is 24.0. The van der Waals surface area contributed by atoms with E-state index in [9.17, 15) is 9.90 Å². The summed E-state index contributed by atoms with van der Waals surface area (Å²) in [5, 5.41) is 14.6. The van der Waals surface area contributed by atoms with Crippen LogP contribution in [0.3, 0.4) is 0 Å².